The number of hydrogen-bond donors (Lipinski definition) is 1. The zero-order chi connectivity index (χ0) is 23.6. The molecule has 0 aromatic heterocycles. The fourth-order valence-electron chi connectivity index (χ4n) is 4.42. The molecule has 1 aliphatic heterocycles. The minimum atomic E-state index is -0.639. The lowest BCUT2D eigenvalue weighted by Crippen LogP contribution is -2.35. The van der Waals surface area contributed by atoms with Gasteiger partial charge < -0.3 is 19.9 Å². The number of esters is 1. The molecule has 172 valence electrons. The molecule has 4 rings (SSSR count). The summed E-state index contributed by atoms with van der Waals surface area (Å²) < 4.78 is 17.0. The first kappa shape index (κ1) is 22.6. The van der Waals surface area contributed by atoms with Crippen molar-refractivity contribution in [1.29, 1.82) is 0 Å². The average molecular weight is 448 g/mol. The quantitative estimate of drug-likeness (QED) is 0.643. The third-order valence-corrected chi connectivity index (χ3v) is 5.91. The van der Waals surface area contributed by atoms with Crippen molar-refractivity contribution in [3.63, 3.8) is 0 Å². The van der Waals surface area contributed by atoms with Gasteiger partial charge >= 0.3 is 5.97 Å². The second-order valence-electron chi connectivity index (χ2n) is 9.15. The smallest absolute Gasteiger partial charge is 0.340 e. The molecule has 0 amide bonds. The number of hydrogen-bond acceptors (Lipinski definition) is 6. The monoisotopic (exact) mass is 447 g/mol. The van der Waals surface area contributed by atoms with Crippen LogP contribution in [-0.4, -0.2) is 18.4 Å². The highest BCUT2D eigenvalue weighted by molar-refractivity contribution is 6.03. The Kier molecular flexibility index (Phi) is 6.27. The number of benzene rings is 2. The van der Waals surface area contributed by atoms with Crippen molar-refractivity contribution in [2.24, 2.45) is 11.1 Å². The molecule has 1 heterocycles. The summed E-state index contributed by atoms with van der Waals surface area (Å²) in [5.41, 5.74) is 8.45. The van der Waals surface area contributed by atoms with Crippen molar-refractivity contribution >= 4 is 11.8 Å². The van der Waals surface area contributed by atoms with Crippen LogP contribution < -0.4 is 10.5 Å². The Morgan fingerprint density at radius 1 is 1.09 bits per heavy atom. The molecule has 2 N–H and O–H groups in total. The van der Waals surface area contributed by atoms with Crippen molar-refractivity contribution < 1.29 is 23.8 Å². The lowest BCUT2D eigenvalue weighted by Gasteiger charge is -2.37. The minimum Gasteiger partial charge on any atom is -0.489 e. The van der Waals surface area contributed by atoms with E-state index in [9.17, 15) is 9.59 Å². The van der Waals surface area contributed by atoms with E-state index in [1.807, 2.05) is 68.4 Å². The van der Waals surface area contributed by atoms with E-state index in [-0.39, 0.29) is 29.3 Å². The number of ether oxygens (including phenoxy) is 3. The molecular weight excluding hydrogens is 418 g/mol. The fourth-order valence-corrected chi connectivity index (χ4v) is 4.42. The van der Waals surface area contributed by atoms with Crippen LogP contribution in [0.15, 0.2) is 77.4 Å². The SMILES string of the molecule is CCOC(=O)C1=C(N)OC2=C(C(=O)CC(C)(C)C2)C1c1ccc(OCc2ccccc2)cc1. The standard InChI is InChI=1S/C27H29NO5/c1-4-31-26(30)24-22(23-20(29)14-27(2,3)15-21(23)33-25(24)28)18-10-12-19(13-11-18)32-16-17-8-6-5-7-9-17/h5-13,22H,4,14-16,28H2,1-3H3. The van der Waals surface area contributed by atoms with E-state index in [1.54, 1.807) is 6.92 Å². The van der Waals surface area contributed by atoms with Crippen molar-refractivity contribution in [3.8, 4) is 5.75 Å². The van der Waals surface area contributed by atoms with E-state index in [4.69, 9.17) is 19.9 Å². The molecule has 0 spiro atoms. The average Bonchev–Trinajstić information content (AvgIpc) is 2.77. The Bertz CT molecular complexity index is 1110. The van der Waals surface area contributed by atoms with Crippen LogP contribution >= 0.6 is 0 Å². The molecule has 2 aromatic rings. The Balaban J connectivity index is 1.67. The van der Waals surface area contributed by atoms with Gasteiger partial charge in [-0.15, -0.1) is 0 Å². The number of allylic oxidation sites excluding steroid dienone is 2. The summed E-state index contributed by atoms with van der Waals surface area (Å²) in [5, 5.41) is 0. The van der Waals surface area contributed by atoms with Gasteiger partial charge in [-0.05, 0) is 35.6 Å². The van der Waals surface area contributed by atoms with E-state index < -0.39 is 11.9 Å². The molecule has 0 bridgehead atoms. The van der Waals surface area contributed by atoms with E-state index in [0.29, 0.717) is 36.5 Å². The van der Waals surface area contributed by atoms with Gasteiger partial charge in [0.05, 0.1) is 12.5 Å². The number of nitrogens with two attached hydrogens (primary N) is 1. The molecule has 33 heavy (non-hydrogen) atoms. The summed E-state index contributed by atoms with van der Waals surface area (Å²) >= 11 is 0. The second kappa shape index (κ2) is 9.14. The van der Waals surface area contributed by atoms with Crippen LogP contribution in [0, 0.1) is 5.41 Å². The van der Waals surface area contributed by atoms with Crippen molar-refractivity contribution in [1.82, 2.24) is 0 Å². The second-order valence-corrected chi connectivity index (χ2v) is 9.15. The van der Waals surface area contributed by atoms with E-state index >= 15 is 0 Å². The molecule has 6 heteroatoms. The Morgan fingerprint density at radius 2 is 1.79 bits per heavy atom. The van der Waals surface area contributed by atoms with Gasteiger partial charge in [0.2, 0.25) is 5.88 Å². The minimum absolute atomic E-state index is 0.00731. The first-order chi connectivity index (χ1) is 15.8. The summed E-state index contributed by atoms with van der Waals surface area (Å²) in [6.45, 7) is 6.41. The Labute approximate surface area is 194 Å². The van der Waals surface area contributed by atoms with Crippen LogP contribution in [0.4, 0.5) is 0 Å². The van der Waals surface area contributed by atoms with Crippen LogP contribution in [0.3, 0.4) is 0 Å². The maximum Gasteiger partial charge on any atom is 0.340 e. The van der Waals surface area contributed by atoms with E-state index in [0.717, 1.165) is 11.1 Å². The molecule has 1 unspecified atom stereocenters. The van der Waals surface area contributed by atoms with Crippen LogP contribution in [0.2, 0.25) is 0 Å². The van der Waals surface area contributed by atoms with Crippen molar-refractivity contribution in [2.75, 3.05) is 6.61 Å². The van der Waals surface area contributed by atoms with Gasteiger partial charge in [-0.2, -0.15) is 0 Å². The molecule has 6 nitrogen and oxygen atoms in total. The van der Waals surface area contributed by atoms with E-state index in [1.165, 1.54) is 0 Å². The largest absolute Gasteiger partial charge is 0.489 e. The molecule has 2 aliphatic rings. The maximum atomic E-state index is 13.2. The van der Waals surface area contributed by atoms with Crippen LogP contribution in [-0.2, 0) is 25.7 Å². The van der Waals surface area contributed by atoms with Gasteiger partial charge in [-0.3, -0.25) is 4.79 Å². The Hall–Kier alpha value is -3.54. The molecule has 0 saturated carbocycles. The highest BCUT2D eigenvalue weighted by Crippen LogP contribution is 2.48. The third kappa shape index (κ3) is 4.80. The normalized spacial score (nSPS) is 19.6. The number of ketones is 1. The summed E-state index contributed by atoms with van der Waals surface area (Å²) in [5.74, 6) is -0.0315. The van der Waals surface area contributed by atoms with Gasteiger partial charge in [0.25, 0.3) is 0 Å². The lowest BCUT2D eigenvalue weighted by atomic mass is 9.70. The molecular formula is C27H29NO5. The summed E-state index contributed by atoms with van der Waals surface area (Å²) in [6.07, 6.45) is 0.944. The molecule has 0 radical (unpaired) electrons. The Morgan fingerprint density at radius 3 is 2.45 bits per heavy atom. The number of rotatable bonds is 6. The van der Waals surface area contributed by atoms with Crippen LogP contribution in [0.1, 0.15) is 50.7 Å². The summed E-state index contributed by atoms with van der Waals surface area (Å²) in [7, 11) is 0. The van der Waals surface area contributed by atoms with Gasteiger partial charge in [-0.25, -0.2) is 4.79 Å². The fraction of sp³-hybridized carbons (Fsp3) is 0.333. The molecule has 1 aliphatic carbocycles. The first-order valence-corrected chi connectivity index (χ1v) is 11.2. The van der Waals surface area contributed by atoms with Crippen molar-refractivity contribution in [2.45, 2.75) is 46.1 Å². The number of carbonyl (C=O) groups excluding carboxylic acids is 2. The van der Waals surface area contributed by atoms with Gasteiger partial charge in [0.1, 0.15) is 23.7 Å². The van der Waals surface area contributed by atoms with Gasteiger partial charge in [0.15, 0.2) is 5.78 Å². The predicted octanol–water partition coefficient (Wildman–Crippen LogP) is 4.76. The molecule has 0 fully saturated rings. The molecule has 0 saturated heterocycles. The highest BCUT2D eigenvalue weighted by Gasteiger charge is 2.45. The van der Waals surface area contributed by atoms with Crippen LogP contribution in [0.5, 0.6) is 5.75 Å². The third-order valence-electron chi connectivity index (χ3n) is 5.91. The summed E-state index contributed by atoms with van der Waals surface area (Å²) in [4.78, 5) is 26.0. The first-order valence-electron chi connectivity index (χ1n) is 11.2. The zero-order valence-corrected chi connectivity index (χ0v) is 19.2. The van der Waals surface area contributed by atoms with Crippen LogP contribution in [0.25, 0.3) is 0 Å². The highest BCUT2D eigenvalue weighted by atomic mass is 16.5. The van der Waals surface area contributed by atoms with Gasteiger partial charge in [-0.1, -0.05) is 56.3 Å². The molecule has 1 atom stereocenters. The van der Waals surface area contributed by atoms with E-state index in [2.05, 4.69) is 0 Å². The number of carbonyl (C=O) groups is 2. The molecule has 2 aromatic carbocycles. The number of Topliss-reactive ketones (excluding diaryl/α,β-unsaturated/α-hetero) is 1. The topological polar surface area (TPSA) is 87.9 Å². The lowest BCUT2D eigenvalue weighted by molar-refractivity contribution is -0.139. The predicted molar refractivity (Wildman–Crippen MR) is 124 cm³/mol. The maximum absolute atomic E-state index is 13.2. The summed E-state index contributed by atoms with van der Waals surface area (Å²) in [6, 6.07) is 17.3. The zero-order valence-electron chi connectivity index (χ0n) is 19.2. The van der Waals surface area contributed by atoms with Gasteiger partial charge in [0, 0.05) is 18.4 Å². The van der Waals surface area contributed by atoms with Crippen molar-refractivity contribution in [3.05, 3.63) is 88.5 Å².